The number of carbonyl (C=O) groups excluding carboxylic acids is 2. The van der Waals surface area contributed by atoms with Gasteiger partial charge in [0.25, 0.3) is 0 Å². The van der Waals surface area contributed by atoms with E-state index in [2.05, 4.69) is 25.8 Å². The smallest absolute Gasteiger partial charge is 0.226 e. The molecule has 2 heterocycles. The first-order valence-corrected chi connectivity index (χ1v) is 7.31. The van der Waals surface area contributed by atoms with Crippen molar-refractivity contribution in [3.8, 4) is 0 Å². The standard InChI is InChI=1S/C15H20N6O2/c1-10-6-7-16-12(8-10)19-14(23)5-4-13(22)18-11(2)15-20-17-9-21(15)3/h6-9,11H,4-5H2,1-3H3,(H,18,22)(H,16,19,23). The van der Waals surface area contributed by atoms with Crippen molar-refractivity contribution in [2.75, 3.05) is 5.32 Å². The maximum absolute atomic E-state index is 11.9. The van der Waals surface area contributed by atoms with E-state index in [1.165, 1.54) is 0 Å². The molecule has 2 aromatic heterocycles. The largest absolute Gasteiger partial charge is 0.346 e. The van der Waals surface area contributed by atoms with Crippen LogP contribution in [0.2, 0.25) is 0 Å². The summed E-state index contributed by atoms with van der Waals surface area (Å²) in [5.74, 6) is 0.687. The molecule has 1 atom stereocenters. The van der Waals surface area contributed by atoms with Gasteiger partial charge in [-0.1, -0.05) is 0 Å². The average Bonchev–Trinajstić information content (AvgIpc) is 2.91. The van der Waals surface area contributed by atoms with Gasteiger partial charge < -0.3 is 15.2 Å². The van der Waals surface area contributed by atoms with Crippen molar-refractivity contribution in [1.82, 2.24) is 25.1 Å². The van der Waals surface area contributed by atoms with Gasteiger partial charge in [0.05, 0.1) is 6.04 Å². The Hall–Kier alpha value is -2.77. The van der Waals surface area contributed by atoms with Gasteiger partial charge in [-0.25, -0.2) is 4.98 Å². The molecule has 1 unspecified atom stereocenters. The number of pyridine rings is 1. The fourth-order valence-corrected chi connectivity index (χ4v) is 2.10. The van der Waals surface area contributed by atoms with Crippen LogP contribution in [0.1, 0.15) is 37.2 Å². The molecular formula is C15H20N6O2. The van der Waals surface area contributed by atoms with Crippen LogP contribution in [0.3, 0.4) is 0 Å². The fourth-order valence-electron chi connectivity index (χ4n) is 2.10. The quantitative estimate of drug-likeness (QED) is 0.831. The zero-order valence-corrected chi connectivity index (χ0v) is 13.4. The Bertz CT molecular complexity index is 697. The molecule has 8 heteroatoms. The first-order chi connectivity index (χ1) is 11.0. The van der Waals surface area contributed by atoms with E-state index in [0.29, 0.717) is 11.6 Å². The van der Waals surface area contributed by atoms with E-state index in [4.69, 9.17) is 0 Å². The van der Waals surface area contributed by atoms with E-state index in [9.17, 15) is 9.59 Å². The summed E-state index contributed by atoms with van der Waals surface area (Å²) in [7, 11) is 1.81. The summed E-state index contributed by atoms with van der Waals surface area (Å²) in [6.07, 6.45) is 3.38. The minimum absolute atomic E-state index is 0.0903. The third-order valence-corrected chi connectivity index (χ3v) is 3.27. The maximum atomic E-state index is 11.9. The third kappa shape index (κ3) is 4.87. The minimum atomic E-state index is -0.267. The summed E-state index contributed by atoms with van der Waals surface area (Å²) in [6, 6.07) is 3.35. The normalized spacial score (nSPS) is 11.8. The third-order valence-electron chi connectivity index (χ3n) is 3.27. The van der Waals surface area contributed by atoms with E-state index in [-0.39, 0.29) is 30.7 Å². The number of nitrogens with zero attached hydrogens (tertiary/aromatic N) is 4. The van der Waals surface area contributed by atoms with Crippen LogP contribution in [0, 0.1) is 6.92 Å². The summed E-state index contributed by atoms with van der Waals surface area (Å²) in [5.41, 5.74) is 1.01. The van der Waals surface area contributed by atoms with E-state index in [1.807, 2.05) is 19.9 Å². The molecule has 8 nitrogen and oxygen atoms in total. The summed E-state index contributed by atoms with van der Waals surface area (Å²) in [5, 5.41) is 13.2. The van der Waals surface area contributed by atoms with Gasteiger partial charge in [-0.15, -0.1) is 10.2 Å². The first kappa shape index (κ1) is 16.6. The molecule has 0 saturated heterocycles. The van der Waals surface area contributed by atoms with Gasteiger partial charge in [-0.2, -0.15) is 0 Å². The Labute approximate surface area is 134 Å². The Morgan fingerprint density at radius 3 is 2.70 bits per heavy atom. The van der Waals surface area contributed by atoms with Crippen LogP contribution in [-0.4, -0.2) is 31.6 Å². The highest BCUT2D eigenvalue weighted by molar-refractivity contribution is 5.92. The molecule has 0 aliphatic heterocycles. The highest BCUT2D eigenvalue weighted by atomic mass is 16.2. The molecule has 0 aliphatic rings. The highest BCUT2D eigenvalue weighted by Gasteiger charge is 2.15. The Morgan fingerprint density at radius 1 is 1.30 bits per heavy atom. The van der Waals surface area contributed by atoms with Gasteiger partial charge in [0.15, 0.2) is 5.82 Å². The Balaban J connectivity index is 1.78. The summed E-state index contributed by atoms with van der Waals surface area (Å²) in [6.45, 7) is 3.73. The number of carbonyl (C=O) groups is 2. The van der Waals surface area contributed by atoms with Gasteiger partial charge in [-0.3, -0.25) is 9.59 Å². The van der Waals surface area contributed by atoms with Crippen molar-refractivity contribution in [3.05, 3.63) is 36.0 Å². The average molecular weight is 316 g/mol. The van der Waals surface area contributed by atoms with Crippen LogP contribution < -0.4 is 10.6 Å². The van der Waals surface area contributed by atoms with Crippen LogP contribution >= 0.6 is 0 Å². The zero-order valence-electron chi connectivity index (χ0n) is 13.4. The SMILES string of the molecule is Cc1ccnc(NC(=O)CCC(=O)NC(C)c2nncn2C)c1. The number of nitrogens with one attached hydrogen (secondary N) is 2. The van der Waals surface area contributed by atoms with Crippen LogP contribution in [-0.2, 0) is 16.6 Å². The van der Waals surface area contributed by atoms with Gasteiger partial charge in [0.1, 0.15) is 12.1 Å². The lowest BCUT2D eigenvalue weighted by Crippen LogP contribution is -2.29. The molecule has 2 aromatic rings. The second-order valence-electron chi connectivity index (χ2n) is 5.36. The number of amides is 2. The molecule has 0 aliphatic carbocycles. The van der Waals surface area contributed by atoms with Crippen LogP contribution in [0.4, 0.5) is 5.82 Å². The van der Waals surface area contributed by atoms with E-state index >= 15 is 0 Å². The molecule has 2 amide bonds. The van der Waals surface area contributed by atoms with Crippen molar-refractivity contribution in [2.45, 2.75) is 32.7 Å². The van der Waals surface area contributed by atoms with Gasteiger partial charge in [0.2, 0.25) is 11.8 Å². The molecule has 0 aromatic carbocycles. The number of rotatable bonds is 6. The predicted octanol–water partition coefficient (Wildman–Crippen LogP) is 1.11. The zero-order chi connectivity index (χ0) is 16.8. The molecule has 0 spiro atoms. The Kier molecular flexibility index (Phi) is 5.40. The van der Waals surface area contributed by atoms with Crippen molar-refractivity contribution < 1.29 is 9.59 Å². The van der Waals surface area contributed by atoms with Crippen molar-refractivity contribution in [2.24, 2.45) is 7.05 Å². The van der Waals surface area contributed by atoms with Gasteiger partial charge in [0, 0.05) is 26.1 Å². The molecule has 0 fully saturated rings. The summed E-state index contributed by atoms with van der Waals surface area (Å²) >= 11 is 0. The lowest BCUT2D eigenvalue weighted by molar-refractivity contribution is -0.124. The predicted molar refractivity (Wildman–Crippen MR) is 84.4 cm³/mol. The van der Waals surface area contributed by atoms with Crippen LogP contribution in [0.15, 0.2) is 24.7 Å². The van der Waals surface area contributed by atoms with Gasteiger partial charge >= 0.3 is 0 Å². The Morgan fingerprint density at radius 2 is 2.04 bits per heavy atom. The van der Waals surface area contributed by atoms with Crippen molar-refractivity contribution >= 4 is 17.6 Å². The fraction of sp³-hybridized carbons (Fsp3) is 0.400. The number of hydrogen-bond acceptors (Lipinski definition) is 5. The molecular weight excluding hydrogens is 296 g/mol. The highest BCUT2D eigenvalue weighted by Crippen LogP contribution is 2.09. The second kappa shape index (κ2) is 7.48. The summed E-state index contributed by atoms with van der Waals surface area (Å²) in [4.78, 5) is 27.8. The summed E-state index contributed by atoms with van der Waals surface area (Å²) < 4.78 is 1.74. The lowest BCUT2D eigenvalue weighted by Gasteiger charge is -2.12. The molecule has 2 N–H and O–H groups in total. The van der Waals surface area contributed by atoms with Gasteiger partial charge in [-0.05, 0) is 31.5 Å². The maximum Gasteiger partial charge on any atom is 0.226 e. The minimum Gasteiger partial charge on any atom is -0.346 e. The number of aryl methyl sites for hydroxylation is 2. The monoisotopic (exact) mass is 316 g/mol. The molecule has 23 heavy (non-hydrogen) atoms. The van der Waals surface area contributed by atoms with Crippen LogP contribution in [0.25, 0.3) is 0 Å². The second-order valence-corrected chi connectivity index (χ2v) is 5.36. The number of hydrogen-bond donors (Lipinski definition) is 2. The molecule has 0 radical (unpaired) electrons. The number of anilines is 1. The van der Waals surface area contributed by atoms with E-state index in [0.717, 1.165) is 5.56 Å². The first-order valence-electron chi connectivity index (χ1n) is 7.31. The van der Waals surface area contributed by atoms with E-state index < -0.39 is 0 Å². The molecule has 122 valence electrons. The lowest BCUT2D eigenvalue weighted by atomic mass is 10.2. The van der Waals surface area contributed by atoms with Crippen LogP contribution in [0.5, 0.6) is 0 Å². The molecule has 0 bridgehead atoms. The van der Waals surface area contributed by atoms with Crippen molar-refractivity contribution in [1.29, 1.82) is 0 Å². The molecule has 2 rings (SSSR count). The topological polar surface area (TPSA) is 102 Å². The number of aromatic nitrogens is 4. The molecule has 0 saturated carbocycles. The van der Waals surface area contributed by atoms with E-state index in [1.54, 1.807) is 30.2 Å². The van der Waals surface area contributed by atoms with Crippen molar-refractivity contribution in [3.63, 3.8) is 0 Å².